The zero-order valence-electron chi connectivity index (χ0n) is 18.7. The Morgan fingerprint density at radius 2 is 1.76 bits per heavy atom. The van der Waals surface area contributed by atoms with E-state index in [1.54, 1.807) is 30.3 Å². The minimum absolute atomic E-state index is 0.0224. The predicted octanol–water partition coefficient (Wildman–Crippen LogP) is 3.70. The molecule has 33 heavy (non-hydrogen) atoms. The lowest BCUT2D eigenvalue weighted by atomic mass is 9.86. The van der Waals surface area contributed by atoms with E-state index in [0.29, 0.717) is 50.0 Å². The highest BCUT2D eigenvalue weighted by molar-refractivity contribution is 6.32. The van der Waals surface area contributed by atoms with E-state index in [1.165, 1.54) is 0 Å². The summed E-state index contributed by atoms with van der Waals surface area (Å²) in [6.45, 7) is 1.99. The highest BCUT2D eigenvalue weighted by Crippen LogP contribution is 2.46. The summed E-state index contributed by atoms with van der Waals surface area (Å²) in [7, 11) is 1.95. The van der Waals surface area contributed by atoms with Gasteiger partial charge in [0.25, 0.3) is 0 Å². The van der Waals surface area contributed by atoms with Gasteiger partial charge in [0.05, 0.1) is 16.1 Å². The van der Waals surface area contributed by atoms with Crippen molar-refractivity contribution in [3.05, 3.63) is 64.7 Å². The van der Waals surface area contributed by atoms with E-state index in [2.05, 4.69) is 10.2 Å². The largest absolute Gasteiger partial charge is 0.491 e. The topological polar surface area (TPSA) is 88.1 Å². The average Bonchev–Trinajstić information content (AvgIpc) is 3.61. The highest BCUT2D eigenvalue weighted by Gasteiger charge is 2.51. The fourth-order valence-corrected chi connectivity index (χ4v) is 4.63. The van der Waals surface area contributed by atoms with Gasteiger partial charge in [-0.05, 0) is 62.6 Å². The number of rotatable bonds is 9. The Balaban J connectivity index is 1.45. The summed E-state index contributed by atoms with van der Waals surface area (Å²) in [5.41, 5.74) is 0.0420. The maximum absolute atomic E-state index is 13.7. The maximum atomic E-state index is 13.7. The number of likely N-dealkylation sites (N-methyl/N-ethyl adjacent to an activating group) is 1. The number of ether oxygens (including phenoxy) is 2. The van der Waals surface area contributed by atoms with Crippen molar-refractivity contribution in [3.63, 3.8) is 0 Å². The van der Waals surface area contributed by atoms with Crippen LogP contribution in [0.3, 0.4) is 0 Å². The SMILES string of the molecule is CN(CCOc1ccccc1Cl)C1(C(=O)NC2(c3ccc(C(=O)O)cc3)CC2)CCOCC1. The lowest BCUT2D eigenvalue weighted by molar-refractivity contribution is -0.140. The van der Waals surface area contributed by atoms with Crippen molar-refractivity contribution in [2.75, 3.05) is 33.4 Å². The van der Waals surface area contributed by atoms with Crippen molar-refractivity contribution in [2.45, 2.75) is 36.8 Å². The molecule has 2 fully saturated rings. The zero-order valence-corrected chi connectivity index (χ0v) is 19.4. The Kier molecular flexibility index (Phi) is 6.93. The molecule has 4 rings (SSSR count). The molecule has 1 aliphatic carbocycles. The summed E-state index contributed by atoms with van der Waals surface area (Å²) in [5.74, 6) is -0.358. The van der Waals surface area contributed by atoms with Crippen LogP contribution in [-0.4, -0.2) is 60.8 Å². The van der Waals surface area contributed by atoms with Crippen LogP contribution in [0.4, 0.5) is 0 Å². The third-order valence-electron chi connectivity index (χ3n) is 6.78. The number of nitrogens with zero attached hydrogens (tertiary/aromatic N) is 1. The summed E-state index contributed by atoms with van der Waals surface area (Å²) >= 11 is 6.18. The standard InChI is InChI=1S/C25H29ClN2O5/c1-28(14-17-33-21-5-3-2-4-20(21)26)25(12-15-32-16-13-25)23(31)27-24(10-11-24)19-8-6-18(7-9-19)22(29)30/h2-9H,10-17H2,1H3,(H,27,31)(H,29,30). The normalized spacial score (nSPS) is 18.5. The number of carbonyl (C=O) groups is 2. The number of carbonyl (C=O) groups excluding carboxylic acids is 1. The number of hydrogen-bond donors (Lipinski definition) is 2. The summed E-state index contributed by atoms with van der Waals surface area (Å²) in [6.07, 6.45) is 2.85. The quantitative estimate of drug-likeness (QED) is 0.578. The number of carboxylic acid groups (broad SMARTS) is 1. The molecule has 2 aromatic rings. The van der Waals surface area contributed by atoms with Crippen molar-refractivity contribution < 1.29 is 24.2 Å². The number of aromatic carboxylic acids is 1. The van der Waals surface area contributed by atoms with Crippen LogP contribution in [0, 0.1) is 0 Å². The van der Waals surface area contributed by atoms with Crippen LogP contribution in [0.2, 0.25) is 5.02 Å². The molecule has 176 valence electrons. The molecule has 7 nitrogen and oxygen atoms in total. The van der Waals surface area contributed by atoms with Crippen LogP contribution in [0.25, 0.3) is 0 Å². The number of amides is 1. The van der Waals surface area contributed by atoms with Crippen molar-refractivity contribution in [1.82, 2.24) is 10.2 Å². The van der Waals surface area contributed by atoms with Gasteiger partial charge in [0.2, 0.25) is 5.91 Å². The Labute approximate surface area is 198 Å². The second-order valence-corrected chi connectivity index (χ2v) is 9.17. The smallest absolute Gasteiger partial charge is 0.335 e. The van der Waals surface area contributed by atoms with E-state index < -0.39 is 17.0 Å². The van der Waals surface area contributed by atoms with Crippen molar-refractivity contribution in [2.24, 2.45) is 0 Å². The first-order chi connectivity index (χ1) is 15.9. The van der Waals surface area contributed by atoms with Gasteiger partial charge < -0.3 is 19.9 Å². The average molecular weight is 473 g/mol. The molecule has 0 aromatic heterocycles. The number of carboxylic acids is 1. The van der Waals surface area contributed by atoms with Gasteiger partial charge in [-0.2, -0.15) is 0 Å². The molecule has 2 N–H and O–H groups in total. The van der Waals surface area contributed by atoms with Crippen LogP contribution in [0.15, 0.2) is 48.5 Å². The molecule has 2 aromatic carbocycles. The van der Waals surface area contributed by atoms with E-state index >= 15 is 0 Å². The van der Waals surface area contributed by atoms with Crippen LogP contribution in [0.1, 0.15) is 41.6 Å². The molecule has 0 radical (unpaired) electrons. The van der Waals surface area contributed by atoms with Gasteiger partial charge in [0.15, 0.2) is 0 Å². The van der Waals surface area contributed by atoms with Gasteiger partial charge in [-0.25, -0.2) is 4.79 Å². The molecule has 1 saturated heterocycles. The third kappa shape index (κ3) is 5.00. The first-order valence-corrected chi connectivity index (χ1v) is 11.6. The highest BCUT2D eigenvalue weighted by atomic mass is 35.5. The Bertz CT molecular complexity index is 1000. The molecule has 2 aliphatic rings. The van der Waals surface area contributed by atoms with Gasteiger partial charge in [-0.15, -0.1) is 0 Å². The lowest BCUT2D eigenvalue weighted by Gasteiger charge is -2.43. The van der Waals surface area contributed by atoms with Crippen molar-refractivity contribution in [3.8, 4) is 5.75 Å². The van der Waals surface area contributed by atoms with Crippen LogP contribution < -0.4 is 10.1 Å². The molecule has 1 aliphatic heterocycles. The molecule has 8 heteroatoms. The van der Waals surface area contributed by atoms with E-state index in [4.69, 9.17) is 26.2 Å². The van der Waals surface area contributed by atoms with E-state index in [0.717, 1.165) is 18.4 Å². The lowest BCUT2D eigenvalue weighted by Crippen LogP contribution is -2.62. The zero-order chi connectivity index (χ0) is 23.5. The molecular weight excluding hydrogens is 444 g/mol. The number of nitrogens with one attached hydrogen (secondary N) is 1. The number of hydrogen-bond acceptors (Lipinski definition) is 5. The number of para-hydroxylation sites is 1. The van der Waals surface area contributed by atoms with Crippen LogP contribution >= 0.6 is 11.6 Å². The summed E-state index contributed by atoms with van der Waals surface area (Å²) in [6, 6.07) is 14.1. The molecule has 0 unspecified atom stereocenters. The minimum atomic E-state index is -0.961. The number of halogens is 1. The minimum Gasteiger partial charge on any atom is -0.491 e. The monoisotopic (exact) mass is 472 g/mol. The molecule has 1 saturated carbocycles. The second-order valence-electron chi connectivity index (χ2n) is 8.76. The third-order valence-corrected chi connectivity index (χ3v) is 7.09. The summed E-state index contributed by atoms with van der Waals surface area (Å²) in [5, 5.41) is 13.0. The van der Waals surface area contributed by atoms with Crippen LogP contribution in [0.5, 0.6) is 5.75 Å². The first-order valence-electron chi connectivity index (χ1n) is 11.2. The van der Waals surface area contributed by atoms with Gasteiger partial charge in [-0.1, -0.05) is 35.9 Å². The fraction of sp³-hybridized carbons (Fsp3) is 0.440. The molecule has 0 atom stereocenters. The van der Waals surface area contributed by atoms with Gasteiger partial charge in [0, 0.05) is 19.8 Å². The Hall–Kier alpha value is -2.61. The molecule has 0 spiro atoms. The van der Waals surface area contributed by atoms with Gasteiger partial charge in [0.1, 0.15) is 17.9 Å². The second kappa shape index (κ2) is 9.71. The molecule has 1 amide bonds. The Morgan fingerprint density at radius 1 is 1.09 bits per heavy atom. The van der Waals surface area contributed by atoms with Crippen LogP contribution in [-0.2, 0) is 15.1 Å². The molecule has 1 heterocycles. The molecular formula is C25H29ClN2O5. The maximum Gasteiger partial charge on any atom is 0.335 e. The van der Waals surface area contributed by atoms with Crippen molar-refractivity contribution in [1.29, 1.82) is 0 Å². The van der Waals surface area contributed by atoms with E-state index in [9.17, 15) is 9.59 Å². The van der Waals surface area contributed by atoms with Gasteiger partial charge in [-0.3, -0.25) is 9.69 Å². The Morgan fingerprint density at radius 3 is 2.36 bits per heavy atom. The first kappa shape index (κ1) is 23.5. The fourth-order valence-electron chi connectivity index (χ4n) is 4.44. The van der Waals surface area contributed by atoms with Gasteiger partial charge >= 0.3 is 5.97 Å². The van der Waals surface area contributed by atoms with E-state index in [-0.39, 0.29) is 11.5 Å². The summed E-state index contributed by atoms with van der Waals surface area (Å²) in [4.78, 5) is 26.9. The predicted molar refractivity (Wildman–Crippen MR) is 125 cm³/mol. The summed E-state index contributed by atoms with van der Waals surface area (Å²) < 4.78 is 11.4. The van der Waals surface area contributed by atoms with E-state index in [1.807, 2.05) is 25.2 Å². The number of benzene rings is 2. The molecule has 0 bridgehead atoms. The van der Waals surface area contributed by atoms with Crippen molar-refractivity contribution >= 4 is 23.5 Å².